The van der Waals surface area contributed by atoms with Crippen LogP contribution in [0.5, 0.6) is 23.0 Å². The molecule has 2 aromatic rings. The van der Waals surface area contributed by atoms with Gasteiger partial charge in [-0.2, -0.15) is 5.10 Å². The van der Waals surface area contributed by atoms with Crippen LogP contribution in [0, 0.1) is 3.57 Å². The first-order valence-corrected chi connectivity index (χ1v) is 13.5. The Labute approximate surface area is 251 Å². The van der Waals surface area contributed by atoms with E-state index in [1.54, 1.807) is 38.1 Å². The molecule has 1 aliphatic rings. The molecule has 41 heavy (non-hydrogen) atoms. The fraction of sp³-hybridized carbons (Fsp3) is 0.286. The number of rotatable bonds is 13. The molecule has 0 unspecified atom stereocenters. The molecule has 0 fully saturated rings. The fourth-order valence-electron chi connectivity index (χ4n) is 3.89. The lowest BCUT2D eigenvalue weighted by Gasteiger charge is -2.28. The van der Waals surface area contributed by atoms with Crippen molar-refractivity contribution in [3.8, 4) is 23.0 Å². The number of esters is 1. The van der Waals surface area contributed by atoms with Crippen LogP contribution in [-0.2, 0) is 14.3 Å². The predicted octanol–water partition coefficient (Wildman–Crippen LogP) is 3.59. The van der Waals surface area contributed by atoms with E-state index in [-0.39, 0.29) is 31.1 Å². The molecule has 13 heteroatoms. The number of allylic oxidation sites excluding steroid dienone is 1. The van der Waals surface area contributed by atoms with Crippen molar-refractivity contribution in [2.45, 2.75) is 19.9 Å². The summed E-state index contributed by atoms with van der Waals surface area (Å²) in [5, 5.41) is 9.33. The Morgan fingerprint density at radius 2 is 1.88 bits per heavy atom. The first-order valence-electron chi connectivity index (χ1n) is 12.4. The Balaban J connectivity index is 1.71. The lowest BCUT2D eigenvalue weighted by atomic mass is 9.95. The molecular formula is C28H31IN4O8. The van der Waals surface area contributed by atoms with E-state index in [2.05, 4.69) is 50.3 Å². The van der Waals surface area contributed by atoms with Gasteiger partial charge in [-0.1, -0.05) is 18.7 Å². The van der Waals surface area contributed by atoms with Gasteiger partial charge in [0.1, 0.15) is 6.61 Å². The topological polar surface area (TPSA) is 146 Å². The maximum absolute atomic E-state index is 12.6. The van der Waals surface area contributed by atoms with Crippen molar-refractivity contribution < 1.29 is 38.1 Å². The molecule has 0 saturated heterocycles. The quantitative estimate of drug-likeness (QED) is 0.0959. The number of carbonyl (C=O) groups excluding carboxylic acids is 3. The number of hydrazone groups is 1. The number of hydrogen-bond acceptors (Lipinski definition) is 9. The molecule has 218 valence electrons. The fourth-order valence-corrected chi connectivity index (χ4v) is 4.51. The predicted molar refractivity (Wildman–Crippen MR) is 159 cm³/mol. The SMILES string of the molecule is C=CCOc1c(/C=N/NC(=O)COc2ccc([C@H]3NC(=O)NC(C)=C3C(=O)OCC)cc2OC)cc(I)cc1OC. The van der Waals surface area contributed by atoms with Gasteiger partial charge >= 0.3 is 12.0 Å². The van der Waals surface area contributed by atoms with E-state index in [0.29, 0.717) is 34.1 Å². The molecular weight excluding hydrogens is 647 g/mol. The number of carbonyl (C=O) groups is 3. The van der Waals surface area contributed by atoms with Gasteiger partial charge in [-0.05, 0) is 66.3 Å². The summed E-state index contributed by atoms with van der Waals surface area (Å²) >= 11 is 2.14. The highest BCUT2D eigenvalue weighted by Gasteiger charge is 2.32. The average Bonchev–Trinajstić information content (AvgIpc) is 2.94. The average molecular weight is 678 g/mol. The number of nitrogens with zero attached hydrogens (tertiary/aromatic N) is 1. The molecule has 3 amide bonds. The second-order valence-electron chi connectivity index (χ2n) is 8.41. The summed E-state index contributed by atoms with van der Waals surface area (Å²) in [4.78, 5) is 37.2. The maximum Gasteiger partial charge on any atom is 0.338 e. The van der Waals surface area contributed by atoms with Gasteiger partial charge in [0.25, 0.3) is 5.91 Å². The number of urea groups is 1. The summed E-state index contributed by atoms with van der Waals surface area (Å²) in [6.45, 7) is 7.06. The number of hydrogen-bond donors (Lipinski definition) is 3. The lowest BCUT2D eigenvalue weighted by Crippen LogP contribution is -2.45. The number of ether oxygens (including phenoxy) is 5. The van der Waals surface area contributed by atoms with E-state index in [0.717, 1.165) is 3.57 Å². The molecule has 1 atom stereocenters. The molecule has 3 rings (SSSR count). The lowest BCUT2D eigenvalue weighted by molar-refractivity contribution is -0.139. The Bertz CT molecular complexity index is 1380. The summed E-state index contributed by atoms with van der Waals surface area (Å²) in [6, 6.07) is 7.27. The second kappa shape index (κ2) is 14.9. The Morgan fingerprint density at radius 1 is 1.12 bits per heavy atom. The Hall–Kier alpha value is -4.27. The Kier molecular flexibility index (Phi) is 11.4. The van der Waals surface area contributed by atoms with Crippen LogP contribution in [0.2, 0.25) is 0 Å². The van der Waals surface area contributed by atoms with E-state index < -0.39 is 23.9 Å². The van der Waals surface area contributed by atoms with Crippen LogP contribution in [0.4, 0.5) is 4.79 Å². The third kappa shape index (κ3) is 8.13. The zero-order valence-electron chi connectivity index (χ0n) is 23.0. The third-order valence-corrected chi connectivity index (χ3v) is 6.27. The first kappa shape index (κ1) is 31.3. The summed E-state index contributed by atoms with van der Waals surface area (Å²) in [6.07, 6.45) is 3.05. The van der Waals surface area contributed by atoms with E-state index in [1.165, 1.54) is 20.4 Å². The first-order chi connectivity index (χ1) is 19.7. The zero-order valence-corrected chi connectivity index (χ0v) is 25.2. The van der Waals surface area contributed by atoms with E-state index in [4.69, 9.17) is 23.7 Å². The highest BCUT2D eigenvalue weighted by molar-refractivity contribution is 14.1. The van der Waals surface area contributed by atoms with Crippen LogP contribution in [0.25, 0.3) is 0 Å². The molecule has 3 N–H and O–H groups in total. The van der Waals surface area contributed by atoms with Gasteiger partial charge in [0.05, 0.1) is 38.7 Å². The molecule has 2 aromatic carbocycles. The summed E-state index contributed by atoms with van der Waals surface area (Å²) in [5.74, 6) is 0.482. The molecule has 0 radical (unpaired) electrons. The van der Waals surface area contributed by atoms with Crippen LogP contribution < -0.4 is 35.0 Å². The minimum atomic E-state index is -0.775. The van der Waals surface area contributed by atoms with Crippen molar-refractivity contribution in [2.75, 3.05) is 34.0 Å². The van der Waals surface area contributed by atoms with Crippen molar-refractivity contribution in [1.29, 1.82) is 0 Å². The molecule has 0 aliphatic carbocycles. The summed E-state index contributed by atoms with van der Waals surface area (Å²) in [7, 11) is 2.97. The number of halogens is 1. The number of methoxy groups -OCH3 is 2. The molecule has 0 bridgehead atoms. The van der Waals surface area contributed by atoms with Gasteiger partial charge in [-0.15, -0.1) is 0 Å². The van der Waals surface area contributed by atoms with Crippen LogP contribution >= 0.6 is 22.6 Å². The van der Waals surface area contributed by atoms with Crippen molar-refractivity contribution in [3.05, 3.63) is 69.0 Å². The largest absolute Gasteiger partial charge is 0.493 e. The van der Waals surface area contributed by atoms with E-state index >= 15 is 0 Å². The minimum Gasteiger partial charge on any atom is -0.493 e. The standard InChI is InChI=1S/C28H31IN4O8/c1-6-10-40-26-18(11-19(29)13-22(26)38-5)14-30-33-23(34)15-41-20-9-8-17(12-21(20)37-4)25-24(27(35)39-7-2)16(3)31-28(36)32-25/h6,8-9,11-14,25H,1,7,10,15H2,2-5H3,(H,33,34)(H2,31,32,36)/b30-14+/t25-/m1/s1. The minimum absolute atomic E-state index is 0.182. The summed E-state index contributed by atoms with van der Waals surface area (Å²) in [5.41, 5.74) is 4.23. The second-order valence-corrected chi connectivity index (χ2v) is 9.65. The number of benzene rings is 2. The summed E-state index contributed by atoms with van der Waals surface area (Å²) < 4.78 is 28.2. The van der Waals surface area contributed by atoms with Crippen LogP contribution in [0.1, 0.15) is 31.0 Å². The van der Waals surface area contributed by atoms with Gasteiger partial charge < -0.3 is 34.3 Å². The Morgan fingerprint density at radius 3 is 2.56 bits per heavy atom. The van der Waals surface area contributed by atoms with E-state index in [1.807, 2.05) is 12.1 Å². The molecule has 0 aromatic heterocycles. The smallest absolute Gasteiger partial charge is 0.338 e. The van der Waals surface area contributed by atoms with Gasteiger partial charge in [-0.25, -0.2) is 15.0 Å². The maximum atomic E-state index is 12.6. The van der Waals surface area contributed by atoms with Gasteiger partial charge in [0.2, 0.25) is 0 Å². The van der Waals surface area contributed by atoms with Crippen LogP contribution in [-0.4, -0.2) is 58.2 Å². The van der Waals surface area contributed by atoms with Crippen molar-refractivity contribution in [1.82, 2.24) is 16.1 Å². The molecule has 0 saturated carbocycles. The van der Waals surface area contributed by atoms with Crippen LogP contribution in [0.15, 0.2) is 59.4 Å². The van der Waals surface area contributed by atoms with Gasteiger partial charge in [0, 0.05) is 14.8 Å². The van der Waals surface area contributed by atoms with Gasteiger partial charge in [0.15, 0.2) is 29.6 Å². The monoisotopic (exact) mass is 678 g/mol. The molecule has 0 spiro atoms. The van der Waals surface area contributed by atoms with Crippen molar-refractivity contribution in [3.63, 3.8) is 0 Å². The molecule has 1 aliphatic heterocycles. The van der Waals surface area contributed by atoms with Crippen LogP contribution in [0.3, 0.4) is 0 Å². The molecule has 1 heterocycles. The van der Waals surface area contributed by atoms with Crippen molar-refractivity contribution >= 4 is 46.7 Å². The van der Waals surface area contributed by atoms with E-state index in [9.17, 15) is 14.4 Å². The highest BCUT2D eigenvalue weighted by atomic mass is 127. The molecule has 12 nitrogen and oxygen atoms in total. The highest BCUT2D eigenvalue weighted by Crippen LogP contribution is 2.35. The third-order valence-electron chi connectivity index (χ3n) is 5.65. The number of amides is 3. The normalized spacial score (nSPS) is 14.6. The van der Waals surface area contributed by atoms with Crippen molar-refractivity contribution in [2.24, 2.45) is 5.10 Å². The zero-order chi connectivity index (χ0) is 29.9. The van der Waals surface area contributed by atoms with Gasteiger partial charge in [-0.3, -0.25) is 4.79 Å². The number of nitrogens with one attached hydrogen (secondary N) is 3.